The third-order valence-corrected chi connectivity index (χ3v) is 3.81. The van der Waals surface area contributed by atoms with E-state index in [2.05, 4.69) is 11.9 Å². The van der Waals surface area contributed by atoms with Gasteiger partial charge in [-0.05, 0) is 30.5 Å². The highest BCUT2D eigenvalue weighted by molar-refractivity contribution is 6.30. The number of rotatable bonds is 3. The highest BCUT2D eigenvalue weighted by atomic mass is 35.5. The molecule has 1 fully saturated rings. The number of pyridine rings is 1. The van der Waals surface area contributed by atoms with Gasteiger partial charge < -0.3 is 15.3 Å². The number of furan rings is 1. The molecule has 1 aliphatic carbocycles. The van der Waals surface area contributed by atoms with Crippen LogP contribution in [0.25, 0.3) is 0 Å². The van der Waals surface area contributed by atoms with Gasteiger partial charge >= 0.3 is 0 Å². The van der Waals surface area contributed by atoms with E-state index in [0.717, 1.165) is 12.2 Å². The summed E-state index contributed by atoms with van der Waals surface area (Å²) in [5, 5.41) is 10.7. The monoisotopic (exact) mass is 278 g/mol. The maximum absolute atomic E-state index is 10.3. The highest BCUT2D eigenvalue weighted by Gasteiger charge is 2.37. The van der Waals surface area contributed by atoms with Crippen LogP contribution in [0.1, 0.15) is 42.5 Å². The molecular formula is C14H15ClN2O2. The maximum atomic E-state index is 10.3. The molecule has 2 heterocycles. The van der Waals surface area contributed by atoms with Crippen LogP contribution in [0.15, 0.2) is 28.8 Å². The predicted molar refractivity (Wildman–Crippen MR) is 73.0 cm³/mol. The zero-order valence-corrected chi connectivity index (χ0v) is 11.3. The fourth-order valence-corrected chi connectivity index (χ4v) is 2.44. The van der Waals surface area contributed by atoms with Crippen molar-refractivity contribution in [1.29, 1.82) is 0 Å². The van der Waals surface area contributed by atoms with Crippen LogP contribution in [0.3, 0.4) is 0 Å². The van der Waals surface area contributed by atoms with Crippen molar-refractivity contribution in [2.24, 2.45) is 5.92 Å². The average Bonchev–Trinajstić information content (AvgIpc) is 2.92. The lowest BCUT2D eigenvalue weighted by Crippen LogP contribution is -2.04. The zero-order chi connectivity index (χ0) is 13.6. The van der Waals surface area contributed by atoms with E-state index < -0.39 is 6.10 Å². The topological polar surface area (TPSA) is 72.3 Å². The molecule has 0 aliphatic heterocycles. The van der Waals surface area contributed by atoms with Gasteiger partial charge in [0.15, 0.2) is 0 Å². The molecule has 0 amide bonds. The lowest BCUT2D eigenvalue weighted by atomic mass is 10.1. The van der Waals surface area contributed by atoms with Gasteiger partial charge in [0.05, 0.1) is 5.02 Å². The molecule has 0 bridgehead atoms. The third kappa shape index (κ3) is 2.33. The van der Waals surface area contributed by atoms with Gasteiger partial charge in [0.1, 0.15) is 23.4 Å². The molecule has 2 aromatic rings. The van der Waals surface area contributed by atoms with Gasteiger partial charge in [0.25, 0.3) is 0 Å². The van der Waals surface area contributed by atoms with Crippen LogP contribution in [-0.4, -0.2) is 10.1 Å². The number of nitrogens with two attached hydrogens (primary N) is 1. The molecule has 0 aromatic carbocycles. The van der Waals surface area contributed by atoms with E-state index in [1.807, 2.05) is 6.07 Å². The Bertz CT molecular complexity index is 611. The molecule has 2 aromatic heterocycles. The predicted octanol–water partition coefficient (Wildman–Crippen LogP) is 3.12. The molecule has 0 radical (unpaired) electrons. The summed E-state index contributed by atoms with van der Waals surface area (Å²) in [6.07, 6.45) is 1.66. The summed E-state index contributed by atoms with van der Waals surface area (Å²) in [4.78, 5) is 3.94. The fraction of sp³-hybridized carbons (Fsp3) is 0.357. The quantitative estimate of drug-likeness (QED) is 0.905. The number of nitrogen functional groups attached to an aromatic ring is 1. The molecule has 3 atom stereocenters. The van der Waals surface area contributed by atoms with Gasteiger partial charge in [-0.3, -0.25) is 0 Å². The van der Waals surface area contributed by atoms with E-state index >= 15 is 0 Å². The first-order valence-corrected chi connectivity index (χ1v) is 6.62. The second kappa shape index (κ2) is 4.54. The van der Waals surface area contributed by atoms with Gasteiger partial charge in [-0.1, -0.05) is 18.5 Å². The molecule has 100 valence electrons. The van der Waals surface area contributed by atoms with Crippen molar-refractivity contribution in [2.45, 2.75) is 25.4 Å². The molecule has 3 unspecified atom stereocenters. The Morgan fingerprint density at radius 3 is 2.95 bits per heavy atom. The van der Waals surface area contributed by atoms with Crippen molar-refractivity contribution < 1.29 is 9.52 Å². The van der Waals surface area contributed by atoms with Crippen molar-refractivity contribution in [3.05, 3.63) is 46.5 Å². The second-order valence-electron chi connectivity index (χ2n) is 5.09. The van der Waals surface area contributed by atoms with E-state index in [-0.39, 0.29) is 5.82 Å². The minimum atomic E-state index is -0.936. The van der Waals surface area contributed by atoms with Crippen LogP contribution in [-0.2, 0) is 0 Å². The zero-order valence-electron chi connectivity index (χ0n) is 10.5. The lowest BCUT2D eigenvalue weighted by molar-refractivity contribution is 0.187. The Hall–Kier alpha value is -1.52. The summed E-state index contributed by atoms with van der Waals surface area (Å²) in [6, 6.07) is 5.31. The maximum Gasteiger partial charge on any atom is 0.140 e. The largest absolute Gasteiger partial charge is 0.463 e. The Balaban J connectivity index is 1.88. The minimum Gasteiger partial charge on any atom is -0.463 e. The summed E-state index contributed by atoms with van der Waals surface area (Å²) in [7, 11) is 0. The van der Waals surface area contributed by atoms with Crippen LogP contribution in [0.2, 0.25) is 5.02 Å². The Labute approximate surface area is 116 Å². The summed E-state index contributed by atoms with van der Waals surface area (Å²) < 4.78 is 5.71. The van der Waals surface area contributed by atoms with Crippen molar-refractivity contribution in [3.8, 4) is 0 Å². The number of hydrogen-bond acceptors (Lipinski definition) is 4. The summed E-state index contributed by atoms with van der Waals surface area (Å²) in [5.74, 6) is 2.81. The number of aliphatic hydroxyl groups is 1. The summed E-state index contributed by atoms with van der Waals surface area (Å²) in [6.45, 7) is 2.18. The van der Waals surface area contributed by atoms with Crippen LogP contribution in [0.4, 0.5) is 5.82 Å². The van der Waals surface area contributed by atoms with Crippen LogP contribution in [0.5, 0.6) is 0 Å². The SMILES string of the molecule is CC1CC1c1ccc(C(O)c2cc(Cl)cnc2N)o1. The molecule has 4 nitrogen and oxygen atoms in total. The first-order chi connectivity index (χ1) is 9.06. The van der Waals surface area contributed by atoms with Gasteiger partial charge in [0, 0.05) is 17.7 Å². The number of anilines is 1. The van der Waals surface area contributed by atoms with E-state index in [0.29, 0.717) is 28.2 Å². The van der Waals surface area contributed by atoms with Gasteiger partial charge in [0.2, 0.25) is 0 Å². The summed E-state index contributed by atoms with van der Waals surface area (Å²) >= 11 is 5.87. The van der Waals surface area contributed by atoms with Gasteiger partial charge in [-0.2, -0.15) is 0 Å². The number of hydrogen-bond donors (Lipinski definition) is 2. The lowest BCUT2D eigenvalue weighted by Gasteiger charge is -2.10. The fourth-order valence-electron chi connectivity index (χ4n) is 2.27. The van der Waals surface area contributed by atoms with E-state index in [9.17, 15) is 5.11 Å². The van der Waals surface area contributed by atoms with Crippen LogP contribution >= 0.6 is 11.6 Å². The number of aliphatic hydroxyl groups excluding tert-OH is 1. The number of nitrogens with zero attached hydrogens (tertiary/aromatic N) is 1. The Kier molecular flexibility index (Phi) is 2.99. The van der Waals surface area contributed by atoms with Crippen molar-refractivity contribution in [2.75, 3.05) is 5.73 Å². The average molecular weight is 279 g/mol. The van der Waals surface area contributed by atoms with E-state index in [4.69, 9.17) is 21.8 Å². The standard InChI is InChI=1S/C14H15ClN2O2/c1-7-4-9(7)11-2-3-12(19-11)13(18)10-5-8(15)6-17-14(10)16/h2-3,5-7,9,13,18H,4H2,1H3,(H2,16,17). The van der Waals surface area contributed by atoms with E-state index in [1.165, 1.54) is 6.20 Å². The molecule has 3 rings (SSSR count). The third-order valence-electron chi connectivity index (χ3n) is 3.60. The second-order valence-corrected chi connectivity index (χ2v) is 5.53. The van der Waals surface area contributed by atoms with Gasteiger partial charge in [-0.15, -0.1) is 0 Å². The van der Waals surface area contributed by atoms with Crippen molar-refractivity contribution >= 4 is 17.4 Å². The van der Waals surface area contributed by atoms with E-state index in [1.54, 1.807) is 12.1 Å². The highest BCUT2D eigenvalue weighted by Crippen LogP contribution is 2.47. The molecule has 5 heteroatoms. The Morgan fingerprint density at radius 1 is 1.53 bits per heavy atom. The van der Waals surface area contributed by atoms with Crippen molar-refractivity contribution in [3.63, 3.8) is 0 Å². The molecule has 0 spiro atoms. The smallest absolute Gasteiger partial charge is 0.140 e. The normalized spacial score (nSPS) is 23.3. The Morgan fingerprint density at radius 2 is 2.26 bits per heavy atom. The van der Waals surface area contributed by atoms with Crippen molar-refractivity contribution in [1.82, 2.24) is 4.98 Å². The number of aromatic nitrogens is 1. The first kappa shape index (κ1) is 12.5. The van der Waals surface area contributed by atoms with Crippen LogP contribution < -0.4 is 5.73 Å². The molecule has 3 N–H and O–H groups in total. The molecular weight excluding hydrogens is 264 g/mol. The van der Waals surface area contributed by atoms with Gasteiger partial charge in [-0.25, -0.2) is 4.98 Å². The summed E-state index contributed by atoms with van der Waals surface area (Å²) in [5.41, 5.74) is 6.23. The van der Waals surface area contributed by atoms with Crippen LogP contribution in [0, 0.1) is 5.92 Å². The minimum absolute atomic E-state index is 0.259. The number of halogens is 1. The molecule has 0 saturated heterocycles. The molecule has 1 saturated carbocycles. The first-order valence-electron chi connectivity index (χ1n) is 6.25. The molecule has 19 heavy (non-hydrogen) atoms. The molecule has 1 aliphatic rings.